The van der Waals surface area contributed by atoms with Gasteiger partial charge in [-0.2, -0.15) is 0 Å². The molecule has 2 aliphatic heterocycles. The Labute approximate surface area is 158 Å². The van der Waals surface area contributed by atoms with Crippen molar-refractivity contribution in [3.05, 3.63) is 29.3 Å². The van der Waals surface area contributed by atoms with Crippen molar-refractivity contribution in [1.82, 2.24) is 15.1 Å². The van der Waals surface area contributed by atoms with Gasteiger partial charge in [0.1, 0.15) is 5.75 Å². The molecule has 4 heteroatoms. The Morgan fingerprint density at radius 1 is 1.31 bits per heavy atom. The van der Waals surface area contributed by atoms with Gasteiger partial charge in [-0.15, -0.1) is 0 Å². The Bertz CT molecular complexity index is 642. The molecule has 0 unspecified atom stereocenters. The number of hydrogen-bond acceptors (Lipinski definition) is 4. The summed E-state index contributed by atoms with van der Waals surface area (Å²) in [7, 11) is 6.48. The van der Waals surface area contributed by atoms with Crippen LogP contribution in [0.2, 0.25) is 0 Å². The first-order chi connectivity index (χ1) is 12.5. The normalized spacial score (nSPS) is 32.5. The van der Waals surface area contributed by atoms with E-state index in [1.807, 2.05) is 0 Å². The number of methoxy groups -OCH3 is 1. The SMILES string of the molecule is COc1ccc2c(c1)[C@@]1(C)CCN(C)[C@H](C2)[C@H]1N(C)CC1CCNCC1. The van der Waals surface area contributed by atoms with Crippen LogP contribution >= 0.6 is 0 Å². The van der Waals surface area contributed by atoms with Crippen molar-refractivity contribution in [1.29, 1.82) is 0 Å². The molecule has 4 rings (SSSR count). The van der Waals surface area contributed by atoms with Gasteiger partial charge in [-0.1, -0.05) is 13.0 Å². The van der Waals surface area contributed by atoms with E-state index in [9.17, 15) is 0 Å². The summed E-state index contributed by atoms with van der Waals surface area (Å²) in [6.45, 7) is 7.29. The van der Waals surface area contributed by atoms with E-state index in [1.54, 1.807) is 7.11 Å². The zero-order valence-electron chi connectivity index (χ0n) is 16.9. The Hall–Kier alpha value is -1.10. The van der Waals surface area contributed by atoms with E-state index in [4.69, 9.17) is 4.74 Å². The Balaban J connectivity index is 1.66. The fraction of sp³-hybridized carbons (Fsp3) is 0.727. The molecule has 4 nitrogen and oxygen atoms in total. The lowest BCUT2D eigenvalue weighted by atomic mass is 9.61. The predicted octanol–water partition coefficient (Wildman–Crippen LogP) is 2.51. The fourth-order valence-corrected chi connectivity index (χ4v) is 5.93. The second-order valence-electron chi connectivity index (χ2n) is 9.02. The number of likely N-dealkylation sites (tertiary alicyclic amines) is 1. The van der Waals surface area contributed by atoms with Gasteiger partial charge in [-0.3, -0.25) is 0 Å². The molecule has 2 saturated heterocycles. The third-order valence-corrected chi connectivity index (χ3v) is 7.41. The minimum atomic E-state index is 0.209. The topological polar surface area (TPSA) is 27.7 Å². The first-order valence-corrected chi connectivity index (χ1v) is 10.3. The summed E-state index contributed by atoms with van der Waals surface area (Å²) in [5.74, 6) is 1.84. The van der Waals surface area contributed by atoms with Crippen LogP contribution in [0.5, 0.6) is 5.75 Å². The smallest absolute Gasteiger partial charge is 0.119 e. The molecule has 0 amide bonds. The van der Waals surface area contributed by atoms with Gasteiger partial charge in [0.15, 0.2) is 0 Å². The molecule has 1 N–H and O–H groups in total. The van der Waals surface area contributed by atoms with Crippen LogP contribution in [0, 0.1) is 5.92 Å². The number of nitrogens with one attached hydrogen (secondary N) is 1. The maximum Gasteiger partial charge on any atom is 0.119 e. The molecule has 1 aliphatic carbocycles. The highest BCUT2D eigenvalue weighted by molar-refractivity contribution is 5.45. The number of nitrogens with zero attached hydrogens (tertiary/aromatic N) is 2. The van der Waals surface area contributed by atoms with E-state index in [0.717, 1.165) is 18.1 Å². The van der Waals surface area contributed by atoms with Crippen molar-refractivity contribution < 1.29 is 4.74 Å². The largest absolute Gasteiger partial charge is 0.497 e. The second-order valence-corrected chi connectivity index (χ2v) is 9.02. The molecule has 2 heterocycles. The quantitative estimate of drug-likeness (QED) is 0.896. The monoisotopic (exact) mass is 357 g/mol. The number of rotatable bonds is 4. The molecule has 26 heavy (non-hydrogen) atoms. The van der Waals surface area contributed by atoms with Crippen LogP contribution in [0.15, 0.2) is 18.2 Å². The third-order valence-electron chi connectivity index (χ3n) is 7.41. The Morgan fingerprint density at radius 2 is 2.08 bits per heavy atom. The molecule has 144 valence electrons. The first-order valence-electron chi connectivity index (χ1n) is 10.3. The minimum Gasteiger partial charge on any atom is -0.497 e. The molecular weight excluding hydrogens is 322 g/mol. The third kappa shape index (κ3) is 3.06. The van der Waals surface area contributed by atoms with Gasteiger partial charge in [-0.25, -0.2) is 0 Å². The molecule has 1 aromatic carbocycles. The van der Waals surface area contributed by atoms with E-state index in [1.165, 1.54) is 56.6 Å². The molecule has 2 fully saturated rings. The average molecular weight is 358 g/mol. The summed E-state index contributed by atoms with van der Waals surface area (Å²) in [5.41, 5.74) is 3.26. The Kier molecular flexibility index (Phi) is 5.02. The summed E-state index contributed by atoms with van der Waals surface area (Å²) in [6.07, 6.45) is 5.02. The van der Waals surface area contributed by atoms with Crippen molar-refractivity contribution in [3.8, 4) is 5.75 Å². The highest BCUT2D eigenvalue weighted by Gasteiger charge is 2.51. The van der Waals surface area contributed by atoms with E-state index in [0.29, 0.717) is 12.1 Å². The summed E-state index contributed by atoms with van der Waals surface area (Å²) in [6, 6.07) is 7.96. The van der Waals surface area contributed by atoms with Gasteiger partial charge in [-0.05, 0) is 88.6 Å². The van der Waals surface area contributed by atoms with Gasteiger partial charge in [0, 0.05) is 24.0 Å². The highest BCUT2D eigenvalue weighted by Crippen LogP contribution is 2.47. The van der Waals surface area contributed by atoms with Gasteiger partial charge in [0.2, 0.25) is 0 Å². The number of ether oxygens (including phenoxy) is 1. The molecule has 0 saturated carbocycles. The zero-order valence-corrected chi connectivity index (χ0v) is 16.9. The van der Waals surface area contributed by atoms with Gasteiger partial charge in [0.05, 0.1) is 7.11 Å². The molecule has 2 bridgehead atoms. The molecule has 0 radical (unpaired) electrons. The molecule has 3 aliphatic rings. The Morgan fingerprint density at radius 3 is 2.81 bits per heavy atom. The van der Waals surface area contributed by atoms with E-state index < -0.39 is 0 Å². The molecule has 1 aromatic rings. The predicted molar refractivity (Wildman–Crippen MR) is 107 cm³/mol. The maximum absolute atomic E-state index is 5.57. The molecule has 0 spiro atoms. The molecule has 3 atom stereocenters. The van der Waals surface area contributed by atoms with Crippen LogP contribution in [-0.4, -0.2) is 69.3 Å². The second kappa shape index (κ2) is 7.14. The fourth-order valence-electron chi connectivity index (χ4n) is 5.93. The minimum absolute atomic E-state index is 0.209. The summed E-state index contributed by atoms with van der Waals surface area (Å²) in [5, 5.41) is 3.51. The van der Waals surface area contributed by atoms with Crippen LogP contribution in [0.1, 0.15) is 37.3 Å². The van der Waals surface area contributed by atoms with Crippen LogP contribution in [0.25, 0.3) is 0 Å². The van der Waals surface area contributed by atoms with Crippen molar-refractivity contribution in [3.63, 3.8) is 0 Å². The van der Waals surface area contributed by atoms with E-state index >= 15 is 0 Å². The highest BCUT2D eigenvalue weighted by atomic mass is 16.5. The summed E-state index contributed by atoms with van der Waals surface area (Å²) >= 11 is 0. The molecular formula is C22H35N3O. The first kappa shape index (κ1) is 18.3. The van der Waals surface area contributed by atoms with Crippen molar-refractivity contribution in [2.75, 3.05) is 47.4 Å². The summed E-state index contributed by atoms with van der Waals surface area (Å²) < 4.78 is 5.57. The van der Waals surface area contributed by atoms with Crippen molar-refractivity contribution >= 4 is 0 Å². The number of likely N-dealkylation sites (N-methyl/N-ethyl adjacent to an activating group) is 2. The van der Waals surface area contributed by atoms with Crippen LogP contribution in [0.3, 0.4) is 0 Å². The summed E-state index contributed by atoms with van der Waals surface area (Å²) in [4.78, 5) is 5.32. The molecule has 0 aromatic heterocycles. The van der Waals surface area contributed by atoms with Gasteiger partial charge >= 0.3 is 0 Å². The van der Waals surface area contributed by atoms with Crippen LogP contribution in [-0.2, 0) is 11.8 Å². The standard InChI is InChI=1S/C22H35N3O/c1-22-9-12-24(2)20(13-17-5-6-18(26-4)14-19(17)22)21(22)25(3)15-16-7-10-23-11-8-16/h5-6,14,16,20-21,23H,7-13,15H2,1-4H3/t20-,21-,22-/m1/s1. The van der Waals surface area contributed by atoms with Gasteiger partial charge < -0.3 is 19.9 Å². The van der Waals surface area contributed by atoms with Crippen LogP contribution in [0.4, 0.5) is 0 Å². The van der Waals surface area contributed by atoms with Crippen molar-refractivity contribution in [2.24, 2.45) is 5.92 Å². The lowest BCUT2D eigenvalue weighted by Gasteiger charge is -2.58. The number of piperidine rings is 2. The van der Waals surface area contributed by atoms with E-state index in [2.05, 4.69) is 54.3 Å². The van der Waals surface area contributed by atoms with Crippen molar-refractivity contribution in [2.45, 2.75) is 50.1 Å². The number of benzene rings is 1. The average Bonchev–Trinajstić information content (AvgIpc) is 2.65. The van der Waals surface area contributed by atoms with Crippen LogP contribution < -0.4 is 10.1 Å². The lowest BCUT2D eigenvalue weighted by molar-refractivity contribution is -0.00510. The maximum atomic E-state index is 5.57. The number of fused-ring (bicyclic) bond motifs is 4. The lowest BCUT2D eigenvalue weighted by Crippen LogP contribution is -2.66. The van der Waals surface area contributed by atoms with E-state index in [-0.39, 0.29) is 5.41 Å². The number of hydrogen-bond donors (Lipinski definition) is 1. The van der Waals surface area contributed by atoms with Gasteiger partial charge in [0.25, 0.3) is 0 Å². The zero-order chi connectivity index (χ0) is 18.3.